The van der Waals surface area contributed by atoms with Crippen LogP contribution in [0.4, 0.5) is 0 Å². The number of allylic oxidation sites excluding steroid dienone is 1. The molecule has 0 aromatic heterocycles. The fraction of sp³-hybridized carbons (Fsp3) is 0.273. The monoisotopic (exact) mass is 160 g/mol. The lowest BCUT2D eigenvalue weighted by Crippen LogP contribution is -1.94. The molecule has 1 aliphatic rings. The number of rotatable bonds is 2. The SMILES string of the molecule is COCc1cccc2c1CC=C2. The molecule has 1 aromatic carbocycles. The number of fused-ring (bicyclic) bond motifs is 1. The fourth-order valence-corrected chi connectivity index (χ4v) is 1.65. The third-order valence-electron chi connectivity index (χ3n) is 2.23. The first kappa shape index (κ1) is 7.56. The van der Waals surface area contributed by atoms with Gasteiger partial charge in [-0.2, -0.15) is 0 Å². The van der Waals surface area contributed by atoms with Crippen molar-refractivity contribution in [1.82, 2.24) is 0 Å². The lowest BCUT2D eigenvalue weighted by molar-refractivity contribution is 0.184. The predicted octanol–water partition coefficient (Wildman–Crippen LogP) is 2.40. The molecule has 0 heterocycles. The standard InChI is InChI=1S/C11H12O/c1-12-8-10-6-2-4-9-5-3-7-11(9)10/h2-6H,7-8H2,1H3. The molecule has 0 saturated heterocycles. The lowest BCUT2D eigenvalue weighted by atomic mass is 10.0. The van der Waals surface area contributed by atoms with Gasteiger partial charge in [0.1, 0.15) is 0 Å². The summed E-state index contributed by atoms with van der Waals surface area (Å²) >= 11 is 0. The van der Waals surface area contributed by atoms with E-state index in [1.54, 1.807) is 7.11 Å². The summed E-state index contributed by atoms with van der Waals surface area (Å²) in [5, 5.41) is 0. The summed E-state index contributed by atoms with van der Waals surface area (Å²) in [5.41, 5.74) is 4.10. The highest BCUT2D eigenvalue weighted by molar-refractivity contribution is 5.61. The quantitative estimate of drug-likeness (QED) is 0.645. The minimum absolute atomic E-state index is 0.727. The van der Waals surface area contributed by atoms with Crippen molar-refractivity contribution in [2.24, 2.45) is 0 Å². The van der Waals surface area contributed by atoms with Crippen molar-refractivity contribution in [3.05, 3.63) is 41.0 Å². The van der Waals surface area contributed by atoms with Crippen molar-refractivity contribution in [1.29, 1.82) is 0 Å². The summed E-state index contributed by atoms with van der Waals surface area (Å²) < 4.78 is 5.13. The molecule has 2 rings (SSSR count). The van der Waals surface area contributed by atoms with Crippen LogP contribution in [0.25, 0.3) is 6.08 Å². The van der Waals surface area contributed by atoms with Gasteiger partial charge in [-0.25, -0.2) is 0 Å². The molecule has 0 radical (unpaired) electrons. The molecule has 0 aliphatic heterocycles. The van der Waals surface area contributed by atoms with Crippen LogP contribution in [0.5, 0.6) is 0 Å². The Hall–Kier alpha value is -1.08. The number of hydrogen-bond donors (Lipinski definition) is 0. The van der Waals surface area contributed by atoms with Crippen molar-refractivity contribution in [2.45, 2.75) is 13.0 Å². The molecule has 1 nitrogen and oxygen atoms in total. The van der Waals surface area contributed by atoms with Crippen LogP contribution in [0.1, 0.15) is 16.7 Å². The zero-order chi connectivity index (χ0) is 8.39. The molecule has 0 amide bonds. The Kier molecular flexibility index (Phi) is 1.96. The highest BCUT2D eigenvalue weighted by Gasteiger charge is 2.08. The summed E-state index contributed by atoms with van der Waals surface area (Å²) in [6.45, 7) is 0.727. The maximum atomic E-state index is 5.13. The smallest absolute Gasteiger partial charge is 0.0716 e. The zero-order valence-corrected chi connectivity index (χ0v) is 7.21. The Balaban J connectivity index is 2.39. The molecule has 1 aromatic rings. The number of ether oxygens (including phenoxy) is 1. The third-order valence-corrected chi connectivity index (χ3v) is 2.23. The van der Waals surface area contributed by atoms with Gasteiger partial charge in [-0.1, -0.05) is 30.4 Å². The zero-order valence-electron chi connectivity index (χ0n) is 7.21. The first-order valence-corrected chi connectivity index (χ1v) is 4.18. The van der Waals surface area contributed by atoms with Gasteiger partial charge in [0, 0.05) is 7.11 Å². The minimum atomic E-state index is 0.727. The van der Waals surface area contributed by atoms with E-state index in [4.69, 9.17) is 4.74 Å². The van der Waals surface area contributed by atoms with Crippen LogP contribution in [-0.4, -0.2) is 7.11 Å². The molecule has 0 atom stereocenters. The molecular formula is C11H12O. The van der Waals surface area contributed by atoms with Crippen LogP contribution in [-0.2, 0) is 17.8 Å². The fourth-order valence-electron chi connectivity index (χ4n) is 1.65. The minimum Gasteiger partial charge on any atom is -0.380 e. The summed E-state index contributed by atoms with van der Waals surface area (Å²) in [5.74, 6) is 0. The van der Waals surface area contributed by atoms with Gasteiger partial charge >= 0.3 is 0 Å². The summed E-state index contributed by atoms with van der Waals surface area (Å²) in [6, 6.07) is 6.37. The topological polar surface area (TPSA) is 9.23 Å². The maximum Gasteiger partial charge on any atom is 0.0716 e. The molecular weight excluding hydrogens is 148 g/mol. The summed E-state index contributed by atoms with van der Waals surface area (Å²) in [7, 11) is 1.74. The molecule has 0 unspecified atom stereocenters. The highest BCUT2D eigenvalue weighted by Crippen LogP contribution is 2.23. The Morgan fingerprint density at radius 1 is 1.42 bits per heavy atom. The molecule has 0 spiro atoms. The van der Waals surface area contributed by atoms with E-state index in [2.05, 4.69) is 30.4 Å². The Labute approximate surface area is 72.7 Å². The molecule has 0 saturated carbocycles. The average Bonchev–Trinajstić information content (AvgIpc) is 2.53. The Bertz CT molecular complexity index is 313. The lowest BCUT2D eigenvalue weighted by Gasteiger charge is -2.06. The van der Waals surface area contributed by atoms with Crippen LogP contribution in [0, 0.1) is 0 Å². The second kappa shape index (κ2) is 3.11. The number of methoxy groups -OCH3 is 1. The second-order valence-electron chi connectivity index (χ2n) is 3.02. The highest BCUT2D eigenvalue weighted by atomic mass is 16.5. The third kappa shape index (κ3) is 1.16. The van der Waals surface area contributed by atoms with E-state index in [0.717, 1.165) is 13.0 Å². The van der Waals surface area contributed by atoms with E-state index in [9.17, 15) is 0 Å². The van der Waals surface area contributed by atoms with Crippen molar-refractivity contribution in [3.8, 4) is 0 Å². The average molecular weight is 160 g/mol. The van der Waals surface area contributed by atoms with E-state index >= 15 is 0 Å². The van der Waals surface area contributed by atoms with Gasteiger partial charge in [-0.3, -0.25) is 0 Å². The van der Waals surface area contributed by atoms with Crippen molar-refractivity contribution < 1.29 is 4.74 Å². The van der Waals surface area contributed by atoms with E-state index in [0.29, 0.717) is 0 Å². The van der Waals surface area contributed by atoms with Crippen LogP contribution in [0.3, 0.4) is 0 Å². The van der Waals surface area contributed by atoms with E-state index < -0.39 is 0 Å². The molecule has 0 fully saturated rings. The van der Waals surface area contributed by atoms with Crippen LogP contribution in [0.15, 0.2) is 24.3 Å². The van der Waals surface area contributed by atoms with Gasteiger partial charge in [0.25, 0.3) is 0 Å². The van der Waals surface area contributed by atoms with Gasteiger partial charge in [0.05, 0.1) is 6.61 Å². The van der Waals surface area contributed by atoms with Gasteiger partial charge in [0.15, 0.2) is 0 Å². The largest absolute Gasteiger partial charge is 0.380 e. The van der Waals surface area contributed by atoms with Crippen molar-refractivity contribution in [2.75, 3.05) is 7.11 Å². The van der Waals surface area contributed by atoms with E-state index in [-0.39, 0.29) is 0 Å². The Morgan fingerprint density at radius 2 is 2.33 bits per heavy atom. The number of benzene rings is 1. The van der Waals surface area contributed by atoms with Gasteiger partial charge in [-0.05, 0) is 23.1 Å². The maximum absolute atomic E-state index is 5.13. The van der Waals surface area contributed by atoms with E-state index in [1.165, 1.54) is 16.7 Å². The van der Waals surface area contributed by atoms with E-state index in [1.807, 2.05) is 0 Å². The molecule has 0 bridgehead atoms. The summed E-state index contributed by atoms with van der Waals surface area (Å²) in [6.07, 6.45) is 5.44. The van der Waals surface area contributed by atoms with Crippen LogP contribution < -0.4 is 0 Å². The molecule has 62 valence electrons. The van der Waals surface area contributed by atoms with Gasteiger partial charge in [0.2, 0.25) is 0 Å². The van der Waals surface area contributed by atoms with Crippen LogP contribution in [0.2, 0.25) is 0 Å². The predicted molar refractivity (Wildman–Crippen MR) is 49.9 cm³/mol. The first-order chi connectivity index (χ1) is 5.92. The second-order valence-corrected chi connectivity index (χ2v) is 3.02. The van der Waals surface area contributed by atoms with Crippen molar-refractivity contribution in [3.63, 3.8) is 0 Å². The Morgan fingerprint density at radius 3 is 3.17 bits per heavy atom. The molecule has 1 aliphatic carbocycles. The molecule has 1 heteroatoms. The molecule has 0 N–H and O–H groups in total. The number of hydrogen-bond acceptors (Lipinski definition) is 1. The van der Waals surface area contributed by atoms with Crippen molar-refractivity contribution >= 4 is 6.08 Å². The summed E-state index contributed by atoms with van der Waals surface area (Å²) in [4.78, 5) is 0. The van der Waals surface area contributed by atoms with Gasteiger partial charge < -0.3 is 4.74 Å². The molecule has 12 heavy (non-hydrogen) atoms. The normalized spacial score (nSPS) is 13.4. The van der Waals surface area contributed by atoms with Crippen LogP contribution >= 0.6 is 0 Å². The van der Waals surface area contributed by atoms with Gasteiger partial charge in [-0.15, -0.1) is 0 Å². The first-order valence-electron chi connectivity index (χ1n) is 4.18.